The fourth-order valence-corrected chi connectivity index (χ4v) is 3.03. The Balaban J connectivity index is 1.64. The van der Waals surface area contributed by atoms with Gasteiger partial charge in [0.05, 0.1) is 5.56 Å². The number of halogens is 3. The molecule has 0 saturated carbocycles. The molecule has 10 heteroatoms. The van der Waals surface area contributed by atoms with Gasteiger partial charge in [0.1, 0.15) is 18.1 Å². The standard InChI is InChI=1S/C24H21F3N4O3/c25-24(26,27)20-12-18(6-5-17(20)13-28)31-22(32)7-4-15-2-1-3-19(10-15)34-14-16-8-9-30-21(11-16)23(29)33/h1-12H,13-14,28H2,(H2,29,33)(H,31,32). The van der Waals surface area contributed by atoms with Crippen molar-refractivity contribution < 1.29 is 27.5 Å². The first kappa shape index (κ1) is 24.5. The summed E-state index contributed by atoms with van der Waals surface area (Å²) in [5, 5.41) is 2.41. The van der Waals surface area contributed by atoms with E-state index in [1.807, 2.05) is 0 Å². The third-order valence-corrected chi connectivity index (χ3v) is 4.67. The maximum atomic E-state index is 13.2. The Morgan fingerprint density at radius 2 is 1.88 bits per heavy atom. The smallest absolute Gasteiger partial charge is 0.416 e. The van der Waals surface area contributed by atoms with E-state index in [1.165, 1.54) is 36.5 Å². The van der Waals surface area contributed by atoms with Crippen molar-refractivity contribution in [1.82, 2.24) is 4.98 Å². The lowest BCUT2D eigenvalue weighted by atomic mass is 10.1. The number of hydrogen-bond acceptors (Lipinski definition) is 5. The van der Waals surface area contributed by atoms with Gasteiger partial charge < -0.3 is 21.5 Å². The van der Waals surface area contributed by atoms with Crippen molar-refractivity contribution in [3.8, 4) is 5.75 Å². The molecule has 0 aliphatic rings. The Bertz CT molecular complexity index is 1230. The molecule has 0 aliphatic heterocycles. The van der Waals surface area contributed by atoms with Crippen LogP contribution in [0.25, 0.3) is 6.08 Å². The number of ether oxygens (including phenoxy) is 1. The van der Waals surface area contributed by atoms with Gasteiger partial charge in [-0.15, -0.1) is 0 Å². The van der Waals surface area contributed by atoms with Crippen molar-refractivity contribution >= 4 is 23.6 Å². The highest BCUT2D eigenvalue weighted by molar-refractivity contribution is 6.02. The summed E-state index contributed by atoms with van der Waals surface area (Å²) in [6.45, 7) is -0.106. The van der Waals surface area contributed by atoms with Gasteiger partial charge in [-0.1, -0.05) is 18.2 Å². The molecule has 0 unspecified atom stereocenters. The van der Waals surface area contributed by atoms with E-state index in [0.29, 0.717) is 16.9 Å². The van der Waals surface area contributed by atoms with Gasteiger partial charge in [-0.3, -0.25) is 14.6 Å². The zero-order valence-electron chi connectivity index (χ0n) is 17.8. The molecule has 3 aromatic rings. The number of carbonyl (C=O) groups is 2. The molecule has 2 aromatic carbocycles. The van der Waals surface area contributed by atoms with E-state index in [2.05, 4.69) is 10.3 Å². The molecule has 0 aliphatic carbocycles. The monoisotopic (exact) mass is 470 g/mol. The molecule has 0 atom stereocenters. The van der Waals surface area contributed by atoms with Crippen LogP contribution < -0.4 is 21.5 Å². The first-order valence-corrected chi connectivity index (χ1v) is 10.0. The summed E-state index contributed by atoms with van der Waals surface area (Å²) in [4.78, 5) is 27.3. The van der Waals surface area contributed by atoms with Crippen LogP contribution in [0.1, 0.15) is 32.7 Å². The minimum Gasteiger partial charge on any atom is -0.489 e. The highest BCUT2D eigenvalue weighted by Gasteiger charge is 2.33. The second kappa shape index (κ2) is 10.6. The molecule has 0 radical (unpaired) electrons. The number of aromatic nitrogens is 1. The van der Waals surface area contributed by atoms with E-state index in [0.717, 1.165) is 6.07 Å². The fourth-order valence-electron chi connectivity index (χ4n) is 3.03. The summed E-state index contributed by atoms with van der Waals surface area (Å²) in [7, 11) is 0. The maximum absolute atomic E-state index is 13.2. The highest BCUT2D eigenvalue weighted by atomic mass is 19.4. The van der Waals surface area contributed by atoms with Crippen molar-refractivity contribution in [1.29, 1.82) is 0 Å². The van der Waals surface area contributed by atoms with Crippen LogP contribution >= 0.6 is 0 Å². The third-order valence-electron chi connectivity index (χ3n) is 4.67. The van der Waals surface area contributed by atoms with Crippen molar-refractivity contribution in [2.75, 3.05) is 5.32 Å². The lowest BCUT2D eigenvalue weighted by Gasteiger charge is -2.13. The molecule has 3 rings (SSSR count). The summed E-state index contributed by atoms with van der Waals surface area (Å²) in [6, 6.07) is 13.5. The molecule has 0 saturated heterocycles. The van der Waals surface area contributed by atoms with Crippen LogP contribution in [-0.2, 0) is 24.1 Å². The van der Waals surface area contributed by atoms with E-state index in [1.54, 1.807) is 30.3 Å². The average molecular weight is 470 g/mol. The van der Waals surface area contributed by atoms with Gasteiger partial charge in [0.25, 0.3) is 5.91 Å². The molecule has 0 spiro atoms. The Hall–Kier alpha value is -4.18. The lowest BCUT2D eigenvalue weighted by Crippen LogP contribution is -2.14. The molecule has 5 N–H and O–H groups in total. The molecule has 1 aromatic heterocycles. The molecule has 2 amide bonds. The Kier molecular flexibility index (Phi) is 7.64. The first-order chi connectivity index (χ1) is 16.2. The molecule has 7 nitrogen and oxygen atoms in total. The van der Waals surface area contributed by atoms with Gasteiger partial charge in [-0.2, -0.15) is 13.2 Å². The predicted octanol–water partition coefficient (Wildman–Crippen LogP) is 3.89. The molecule has 0 bridgehead atoms. The van der Waals surface area contributed by atoms with Gasteiger partial charge in [0, 0.05) is 24.5 Å². The number of alkyl halides is 3. The molecule has 1 heterocycles. The van der Waals surface area contributed by atoms with Crippen molar-refractivity contribution in [3.05, 3.63) is 94.8 Å². The number of amides is 2. The Morgan fingerprint density at radius 3 is 2.59 bits per heavy atom. The maximum Gasteiger partial charge on any atom is 0.416 e. The molecule has 34 heavy (non-hydrogen) atoms. The van der Waals surface area contributed by atoms with Crippen LogP contribution in [0.4, 0.5) is 18.9 Å². The van der Waals surface area contributed by atoms with Gasteiger partial charge in [-0.25, -0.2) is 0 Å². The van der Waals surface area contributed by atoms with E-state index in [4.69, 9.17) is 16.2 Å². The lowest BCUT2D eigenvalue weighted by molar-refractivity contribution is -0.138. The number of nitrogens with zero attached hydrogens (tertiary/aromatic N) is 1. The van der Waals surface area contributed by atoms with Gasteiger partial charge in [0.2, 0.25) is 5.91 Å². The largest absolute Gasteiger partial charge is 0.489 e. The summed E-state index contributed by atoms with van der Waals surface area (Å²) < 4.78 is 45.2. The van der Waals surface area contributed by atoms with Gasteiger partial charge in [0.15, 0.2) is 0 Å². The number of primary amides is 1. The number of rotatable bonds is 8. The van der Waals surface area contributed by atoms with E-state index in [-0.39, 0.29) is 30.1 Å². The zero-order chi connectivity index (χ0) is 24.7. The average Bonchev–Trinajstić information content (AvgIpc) is 2.81. The van der Waals surface area contributed by atoms with E-state index in [9.17, 15) is 22.8 Å². The first-order valence-electron chi connectivity index (χ1n) is 10.0. The number of pyridine rings is 1. The number of benzene rings is 2. The van der Waals surface area contributed by atoms with Crippen LogP contribution in [0.2, 0.25) is 0 Å². The summed E-state index contributed by atoms with van der Waals surface area (Å²) >= 11 is 0. The van der Waals surface area contributed by atoms with Crippen LogP contribution in [0.5, 0.6) is 5.75 Å². The van der Waals surface area contributed by atoms with Crippen LogP contribution in [-0.4, -0.2) is 16.8 Å². The zero-order valence-corrected chi connectivity index (χ0v) is 17.8. The Labute approximate surface area is 193 Å². The van der Waals surface area contributed by atoms with Crippen molar-refractivity contribution in [2.24, 2.45) is 11.5 Å². The number of carbonyl (C=O) groups excluding carboxylic acids is 2. The predicted molar refractivity (Wildman–Crippen MR) is 121 cm³/mol. The summed E-state index contributed by atoms with van der Waals surface area (Å²) in [6.07, 6.45) is -0.425. The number of hydrogen-bond donors (Lipinski definition) is 3. The summed E-state index contributed by atoms with van der Waals surface area (Å²) in [5.41, 5.74) is 11.1. The minimum atomic E-state index is -4.58. The number of nitrogens with two attached hydrogens (primary N) is 2. The van der Waals surface area contributed by atoms with E-state index >= 15 is 0 Å². The molecular formula is C24H21F3N4O3. The minimum absolute atomic E-state index is 0.00365. The number of anilines is 1. The fraction of sp³-hybridized carbons (Fsp3) is 0.125. The summed E-state index contributed by atoms with van der Waals surface area (Å²) in [5.74, 6) is -0.736. The normalized spacial score (nSPS) is 11.4. The molecular weight excluding hydrogens is 449 g/mol. The van der Waals surface area contributed by atoms with Crippen molar-refractivity contribution in [3.63, 3.8) is 0 Å². The second-order valence-electron chi connectivity index (χ2n) is 7.17. The van der Waals surface area contributed by atoms with E-state index < -0.39 is 23.6 Å². The quantitative estimate of drug-likeness (QED) is 0.432. The second-order valence-corrected chi connectivity index (χ2v) is 7.17. The number of nitrogens with one attached hydrogen (secondary N) is 1. The third kappa shape index (κ3) is 6.66. The molecule has 176 valence electrons. The van der Waals surface area contributed by atoms with Gasteiger partial charge in [-0.05, 0) is 59.2 Å². The SMILES string of the molecule is NCc1ccc(NC(=O)C=Cc2cccc(OCc3ccnc(C(N)=O)c3)c2)cc1C(F)(F)F. The highest BCUT2D eigenvalue weighted by Crippen LogP contribution is 2.33. The van der Waals surface area contributed by atoms with Crippen LogP contribution in [0.15, 0.2) is 66.9 Å². The topological polar surface area (TPSA) is 120 Å². The van der Waals surface area contributed by atoms with Gasteiger partial charge >= 0.3 is 6.18 Å². The van der Waals surface area contributed by atoms with Crippen LogP contribution in [0.3, 0.4) is 0 Å². The Morgan fingerprint density at radius 1 is 1.09 bits per heavy atom. The van der Waals surface area contributed by atoms with Crippen LogP contribution in [0, 0.1) is 0 Å². The molecule has 0 fully saturated rings. The van der Waals surface area contributed by atoms with Crippen molar-refractivity contribution in [2.45, 2.75) is 19.3 Å².